The van der Waals surface area contributed by atoms with E-state index in [4.69, 9.17) is 4.74 Å². The van der Waals surface area contributed by atoms with E-state index in [-0.39, 0.29) is 42.3 Å². The third kappa shape index (κ3) is 4.66. The van der Waals surface area contributed by atoms with Crippen LogP contribution in [0.5, 0.6) is 5.75 Å². The molecule has 0 radical (unpaired) electrons. The van der Waals surface area contributed by atoms with Crippen LogP contribution in [0.1, 0.15) is 51.2 Å². The van der Waals surface area contributed by atoms with Crippen LogP contribution in [0.15, 0.2) is 59.5 Å². The van der Waals surface area contributed by atoms with Crippen molar-refractivity contribution >= 4 is 11.8 Å². The number of aromatic nitrogens is 1. The van der Waals surface area contributed by atoms with Crippen LogP contribution >= 0.6 is 0 Å². The first-order valence-corrected chi connectivity index (χ1v) is 12.4. The minimum atomic E-state index is -1.16. The van der Waals surface area contributed by atoms with Gasteiger partial charge in [0.25, 0.3) is 11.8 Å². The van der Waals surface area contributed by atoms with Gasteiger partial charge < -0.3 is 19.5 Å². The van der Waals surface area contributed by atoms with Crippen molar-refractivity contribution in [3.8, 4) is 5.75 Å². The average Bonchev–Trinajstić information content (AvgIpc) is 3.12. The third-order valence-corrected chi connectivity index (χ3v) is 7.15. The maximum Gasteiger partial charge on any atom is 0.274 e. The van der Waals surface area contributed by atoms with E-state index in [0.29, 0.717) is 31.9 Å². The fraction of sp³-hybridized carbons (Fsp3) is 0.321. The van der Waals surface area contributed by atoms with E-state index in [1.54, 1.807) is 24.3 Å². The zero-order chi connectivity index (χ0) is 26.9. The molecule has 5 rings (SSSR count). The van der Waals surface area contributed by atoms with Gasteiger partial charge in [0.2, 0.25) is 5.43 Å². The lowest BCUT2D eigenvalue weighted by Gasteiger charge is -2.43. The predicted octanol–water partition coefficient (Wildman–Crippen LogP) is 3.94. The second-order valence-electron chi connectivity index (χ2n) is 9.65. The molecule has 1 aromatic heterocycles. The molecule has 2 aliphatic heterocycles. The summed E-state index contributed by atoms with van der Waals surface area (Å²) in [7, 11) is 0. The number of fused-ring (bicyclic) bond motifs is 4. The van der Waals surface area contributed by atoms with Crippen molar-refractivity contribution in [2.45, 2.75) is 38.0 Å². The molecule has 2 amide bonds. The summed E-state index contributed by atoms with van der Waals surface area (Å²) in [6.45, 7) is -0.638. The second-order valence-corrected chi connectivity index (χ2v) is 9.65. The summed E-state index contributed by atoms with van der Waals surface area (Å²) in [4.78, 5) is 41.8. The minimum absolute atomic E-state index is 0.0215. The van der Waals surface area contributed by atoms with Crippen LogP contribution < -0.4 is 15.5 Å². The molecule has 0 aliphatic carbocycles. The number of benzene rings is 2. The summed E-state index contributed by atoms with van der Waals surface area (Å²) >= 11 is 0. The molecule has 3 aromatic rings. The number of rotatable bonds is 7. The lowest BCUT2D eigenvalue weighted by molar-refractivity contribution is 0.0512. The number of nitrogens with one attached hydrogen (secondary N) is 1. The monoisotopic (exact) mass is 525 g/mol. The highest BCUT2D eigenvalue weighted by atomic mass is 19.1. The first kappa shape index (κ1) is 25.6. The summed E-state index contributed by atoms with van der Waals surface area (Å²) in [6.07, 6.45) is 2.96. The van der Waals surface area contributed by atoms with Gasteiger partial charge in [0.05, 0.1) is 5.54 Å². The van der Waals surface area contributed by atoms with Gasteiger partial charge in [-0.1, -0.05) is 36.4 Å². The number of ether oxygens (including phenoxy) is 1. The van der Waals surface area contributed by atoms with Crippen LogP contribution in [-0.2, 0) is 18.7 Å². The highest BCUT2D eigenvalue weighted by Gasteiger charge is 2.46. The number of carbonyl (C=O) groups excluding carboxylic acids is 2. The normalized spacial score (nSPS) is 18.5. The van der Waals surface area contributed by atoms with Gasteiger partial charge in [-0.05, 0) is 30.9 Å². The van der Waals surface area contributed by atoms with E-state index in [1.165, 1.54) is 21.7 Å². The smallest absolute Gasteiger partial charge is 0.274 e. The quantitative estimate of drug-likeness (QED) is 0.507. The summed E-state index contributed by atoms with van der Waals surface area (Å²) in [5.74, 6) is -3.25. The maximum atomic E-state index is 14.7. The van der Waals surface area contributed by atoms with Gasteiger partial charge in [-0.2, -0.15) is 0 Å². The molecule has 2 bridgehead atoms. The molecule has 1 N–H and O–H groups in total. The predicted molar refractivity (Wildman–Crippen MR) is 133 cm³/mol. The van der Waals surface area contributed by atoms with Crippen LogP contribution in [0.3, 0.4) is 0 Å². The number of halogens is 3. The molecular formula is C28H26F3N3O4. The highest BCUT2D eigenvalue weighted by molar-refractivity contribution is 5.99. The third-order valence-electron chi connectivity index (χ3n) is 7.15. The van der Waals surface area contributed by atoms with Crippen LogP contribution in [0.2, 0.25) is 0 Å². The molecule has 0 spiro atoms. The van der Waals surface area contributed by atoms with Crippen molar-refractivity contribution in [2.75, 3.05) is 19.8 Å². The standard InChI is InChI=1S/C28H26F3N3O4/c29-16-28-10-4-5-11-33(17-28)27(37)23-25(38-15-18-6-2-1-3-7-18)24(35)21(14-34(23)28)26(36)32-13-19-8-9-20(30)12-22(19)31/h1-3,6-9,12,14H,4-5,10-11,13,15-17H2,(H,32,36). The molecule has 38 heavy (non-hydrogen) atoms. The Labute approximate surface area is 216 Å². The zero-order valence-corrected chi connectivity index (χ0v) is 20.5. The Morgan fingerprint density at radius 3 is 2.61 bits per heavy atom. The van der Waals surface area contributed by atoms with Crippen molar-refractivity contribution < 1.29 is 27.5 Å². The van der Waals surface area contributed by atoms with Gasteiger partial charge in [0.15, 0.2) is 11.4 Å². The Morgan fingerprint density at radius 2 is 1.87 bits per heavy atom. The molecule has 1 unspecified atom stereocenters. The Balaban J connectivity index is 1.58. The Hall–Kier alpha value is -4.08. The Morgan fingerprint density at radius 1 is 1.08 bits per heavy atom. The molecule has 2 aliphatic rings. The lowest BCUT2D eigenvalue weighted by atomic mass is 9.91. The molecule has 1 fully saturated rings. The lowest BCUT2D eigenvalue weighted by Crippen LogP contribution is -2.55. The van der Waals surface area contributed by atoms with Crippen molar-refractivity contribution in [2.24, 2.45) is 0 Å². The number of carbonyl (C=O) groups is 2. The zero-order valence-electron chi connectivity index (χ0n) is 20.5. The second kappa shape index (κ2) is 10.4. The fourth-order valence-electron chi connectivity index (χ4n) is 5.09. The van der Waals surface area contributed by atoms with E-state index in [2.05, 4.69) is 5.32 Å². The Kier molecular flexibility index (Phi) is 6.96. The van der Waals surface area contributed by atoms with Crippen molar-refractivity contribution in [1.29, 1.82) is 0 Å². The number of hydrogen-bond donors (Lipinski definition) is 1. The molecule has 0 saturated carbocycles. The summed E-state index contributed by atoms with van der Waals surface area (Å²) in [5, 5.41) is 2.47. The van der Waals surface area contributed by atoms with Crippen LogP contribution in [0, 0.1) is 11.6 Å². The maximum absolute atomic E-state index is 14.7. The first-order valence-electron chi connectivity index (χ1n) is 12.4. The summed E-state index contributed by atoms with van der Waals surface area (Å²) in [5.41, 5.74) is -1.68. The minimum Gasteiger partial charge on any atom is -0.483 e. The highest BCUT2D eigenvalue weighted by Crippen LogP contribution is 2.37. The first-order chi connectivity index (χ1) is 18.3. The molecule has 7 nitrogen and oxygen atoms in total. The molecule has 198 valence electrons. The van der Waals surface area contributed by atoms with Gasteiger partial charge in [-0.15, -0.1) is 0 Å². The molecule has 1 saturated heterocycles. The van der Waals surface area contributed by atoms with Gasteiger partial charge in [0, 0.05) is 37.5 Å². The topological polar surface area (TPSA) is 80.6 Å². The van der Waals surface area contributed by atoms with Gasteiger partial charge in [-0.25, -0.2) is 13.2 Å². The summed E-state index contributed by atoms with van der Waals surface area (Å²) in [6, 6.07) is 11.9. The Bertz CT molecular complexity index is 1440. The van der Waals surface area contributed by atoms with E-state index >= 15 is 0 Å². The number of pyridine rings is 1. The van der Waals surface area contributed by atoms with Gasteiger partial charge in [0.1, 0.15) is 30.5 Å². The number of hydrogen-bond acceptors (Lipinski definition) is 4. The number of amides is 2. The molecule has 1 atom stereocenters. The van der Waals surface area contributed by atoms with Crippen LogP contribution in [-0.4, -0.2) is 41.0 Å². The molecular weight excluding hydrogens is 499 g/mol. The summed E-state index contributed by atoms with van der Waals surface area (Å²) < 4.78 is 49.4. The molecule has 10 heteroatoms. The van der Waals surface area contributed by atoms with Gasteiger partial charge >= 0.3 is 0 Å². The number of nitrogens with zero attached hydrogens (tertiary/aromatic N) is 2. The van der Waals surface area contributed by atoms with E-state index < -0.39 is 41.1 Å². The van der Waals surface area contributed by atoms with E-state index in [0.717, 1.165) is 11.6 Å². The van der Waals surface area contributed by atoms with Crippen molar-refractivity contribution in [3.05, 3.63) is 99.0 Å². The molecule has 2 aromatic carbocycles. The van der Waals surface area contributed by atoms with E-state index in [1.807, 2.05) is 6.07 Å². The van der Waals surface area contributed by atoms with Crippen LogP contribution in [0.25, 0.3) is 0 Å². The SMILES string of the molecule is O=C(NCc1ccc(F)cc1F)c1cn2c(c(OCc3ccccc3)c1=O)C(=O)N1CCCCC2(CF)C1. The molecule has 3 heterocycles. The van der Waals surface area contributed by atoms with Crippen LogP contribution in [0.4, 0.5) is 13.2 Å². The van der Waals surface area contributed by atoms with Crippen molar-refractivity contribution in [3.63, 3.8) is 0 Å². The average molecular weight is 526 g/mol. The van der Waals surface area contributed by atoms with E-state index in [9.17, 15) is 27.6 Å². The largest absolute Gasteiger partial charge is 0.483 e. The van der Waals surface area contributed by atoms with Crippen molar-refractivity contribution in [1.82, 2.24) is 14.8 Å². The number of alkyl halides is 1. The van der Waals surface area contributed by atoms with Gasteiger partial charge in [-0.3, -0.25) is 14.4 Å². The fourth-order valence-corrected chi connectivity index (χ4v) is 5.09.